The van der Waals surface area contributed by atoms with Gasteiger partial charge in [0.15, 0.2) is 0 Å². The van der Waals surface area contributed by atoms with Crippen LogP contribution in [0.4, 0.5) is 0 Å². The third-order valence-corrected chi connectivity index (χ3v) is 5.89. The first-order valence-corrected chi connectivity index (χ1v) is 11.6. The molecule has 3 aromatic rings. The molecule has 2 aromatic carbocycles. The molecule has 0 spiro atoms. The lowest BCUT2D eigenvalue weighted by Crippen LogP contribution is -2.47. The Kier molecular flexibility index (Phi) is 7.96. The van der Waals surface area contributed by atoms with Crippen LogP contribution in [-0.2, 0) is 11.3 Å². The third kappa shape index (κ3) is 5.97. The molecule has 184 valence electrons. The van der Waals surface area contributed by atoms with Crippen LogP contribution in [0, 0.1) is 0 Å². The fourth-order valence-electron chi connectivity index (χ4n) is 3.74. The van der Waals surface area contributed by atoms with Crippen LogP contribution in [0.5, 0.6) is 5.75 Å². The molecule has 0 atom stereocenters. The number of carbonyl (C=O) groups excluding carboxylic acids is 1. The van der Waals surface area contributed by atoms with Crippen LogP contribution in [0.2, 0.25) is 5.02 Å². The summed E-state index contributed by atoms with van der Waals surface area (Å²) < 4.78 is 12.6. The van der Waals surface area contributed by atoms with E-state index in [2.05, 4.69) is 15.3 Å². The Morgan fingerprint density at radius 3 is 2.60 bits per heavy atom. The molecule has 1 aromatic heterocycles. The number of morpholine rings is 1. The lowest BCUT2D eigenvalue weighted by atomic mass is 10.2. The highest BCUT2D eigenvalue weighted by atomic mass is 35.5. The maximum atomic E-state index is 13.3. The molecule has 1 aliphatic rings. The van der Waals surface area contributed by atoms with E-state index in [9.17, 15) is 14.4 Å². The minimum atomic E-state index is -0.771. The molecule has 0 radical (unpaired) electrons. The van der Waals surface area contributed by atoms with Gasteiger partial charge in [0.1, 0.15) is 5.75 Å². The maximum absolute atomic E-state index is 13.3. The van der Waals surface area contributed by atoms with Crippen LogP contribution >= 0.6 is 11.6 Å². The summed E-state index contributed by atoms with van der Waals surface area (Å²) in [6.07, 6.45) is 0. The standard InChI is InChI=1S/C24H26ClN5O5/c1-34-20-4-2-3-17(15-20)16-29-23(32)21(22(31)26-9-10-28-11-13-35-14-12-28)27-30(24(29)33)19-7-5-18(25)6-8-19/h2-8,15H,9-14,16H2,1H3,(H,26,31). The predicted octanol–water partition coefficient (Wildman–Crippen LogP) is 1.17. The van der Waals surface area contributed by atoms with E-state index in [0.717, 1.165) is 22.3 Å². The number of ether oxygens (including phenoxy) is 2. The summed E-state index contributed by atoms with van der Waals surface area (Å²) in [6.45, 7) is 3.75. The van der Waals surface area contributed by atoms with E-state index in [0.29, 0.717) is 48.3 Å². The van der Waals surface area contributed by atoms with Gasteiger partial charge in [0.2, 0.25) is 5.69 Å². The zero-order valence-electron chi connectivity index (χ0n) is 19.3. The van der Waals surface area contributed by atoms with E-state index in [1.807, 2.05) is 0 Å². The molecule has 11 heteroatoms. The molecule has 10 nitrogen and oxygen atoms in total. The fraction of sp³-hybridized carbons (Fsp3) is 0.333. The van der Waals surface area contributed by atoms with E-state index in [-0.39, 0.29) is 12.2 Å². The number of amides is 1. The SMILES string of the molecule is COc1cccc(Cn2c(=O)c(C(=O)NCCN3CCOCC3)nn(-c3ccc(Cl)cc3)c2=O)c1. The number of methoxy groups -OCH3 is 1. The van der Waals surface area contributed by atoms with Gasteiger partial charge >= 0.3 is 5.69 Å². The number of nitrogens with one attached hydrogen (secondary N) is 1. The number of hydrogen-bond donors (Lipinski definition) is 1. The second-order valence-corrected chi connectivity index (χ2v) is 8.41. The van der Waals surface area contributed by atoms with Gasteiger partial charge in [-0.1, -0.05) is 23.7 Å². The first kappa shape index (κ1) is 24.6. The van der Waals surface area contributed by atoms with Gasteiger partial charge in [-0.25, -0.2) is 4.79 Å². The lowest BCUT2D eigenvalue weighted by molar-refractivity contribution is 0.0383. The molecular weight excluding hydrogens is 474 g/mol. The van der Waals surface area contributed by atoms with Crippen LogP contribution in [0.1, 0.15) is 16.1 Å². The van der Waals surface area contributed by atoms with Crippen LogP contribution in [0.15, 0.2) is 58.1 Å². The van der Waals surface area contributed by atoms with E-state index in [1.54, 1.807) is 48.5 Å². The average Bonchev–Trinajstić information content (AvgIpc) is 2.88. The molecule has 0 unspecified atom stereocenters. The fourth-order valence-corrected chi connectivity index (χ4v) is 3.86. The maximum Gasteiger partial charge on any atom is 0.352 e. The molecule has 1 amide bonds. The smallest absolute Gasteiger partial charge is 0.352 e. The van der Waals surface area contributed by atoms with Crippen molar-refractivity contribution in [2.75, 3.05) is 46.5 Å². The van der Waals surface area contributed by atoms with Crippen LogP contribution in [0.25, 0.3) is 5.69 Å². The van der Waals surface area contributed by atoms with Gasteiger partial charge < -0.3 is 14.8 Å². The summed E-state index contributed by atoms with van der Waals surface area (Å²) in [7, 11) is 1.53. The van der Waals surface area contributed by atoms with E-state index in [1.165, 1.54) is 7.11 Å². The first-order chi connectivity index (χ1) is 17.0. The Hall–Kier alpha value is -3.47. The van der Waals surface area contributed by atoms with E-state index >= 15 is 0 Å². The number of benzene rings is 2. The van der Waals surface area contributed by atoms with Gasteiger partial charge in [-0.3, -0.25) is 19.1 Å². The van der Waals surface area contributed by atoms with Crippen molar-refractivity contribution >= 4 is 17.5 Å². The zero-order chi connectivity index (χ0) is 24.8. The second-order valence-electron chi connectivity index (χ2n) is 7.97. The zero-order valence-corrected chi connectivity index (χ0v) is 20.0. The van der Waals surface area contributed by atoms with Crippen molar-refractivity contribution in [3.8, 4) is 11.4 Å². The van der Waals surface area contributed by atoms with Crippen molar-refractivity contribution in [2.45, 2.75) is 6.54 Å². The first-order valence-electron chi connectivity index (χ1n) is 11.2. The van der Waals surface area contributed by atoms with Crippen molar-refractivity contribution in [1.82, 2.24) is 24.6 Å². The van der Waals surface area contributed by atoms with Crippen molar-refractivity contribution in [1.29, 1.82) is 0 Å². The number of aromatic nitrogens is 3. The average molecular weight is 500 g/mol. The Morgan fingerprint density at radius 2 is 1.89 bits per heavy atom. The van der Waals surface area contributed by atoms with Crippen molar-refractivity contribution < 1.29 is 14.3 Å². The Labute approximate surface area is 206 Å². The number of hydrogen-bond acceptors (Lipinski definition) is 7. The molecule has 0 bridgehead atoms. The summed E-state index contributed by atoms with van der Waals surface area (Å²) >= 11 is 5.98. The molecule has 1 saturated heterocycles. The molecule has 0 saturated carbocycles. The minimum absolute atomic E-state index is 0.0565. The lowest BCUT2D eigenvalue weighted by Gasteiger charge is -2.26. The number of carbonyl (C=O) groups is 1. The topological polar surface area (TPSA) is 108 Å². The van der Waals surface area contributed by atoms with Crippen LogP contribution in [0.3, 0.4) is 0 Å². The predicted molar refractivity (Wildman–Crippen MR) is 131 cm³/mol. The summed E-state index contributed by atoms with van der Waals surface area (Å²) in [4.78, 5) is 41.7. The second kappa shape index (κ2) is 11.3. The number of halogens is 1. The van der Waals surface area contributed by atoms with Crippen molar-refractivity contribution in [2.24, 2.45) is 0 Å². The molecule has 1 fully saturated rings. The van der Waals surface area contributed by atoms with Gasteiger partial charge in [0.05, 0.1) is 32.6 Å². The van der Waals surface area contributed by atoms with Gasteiger partial charge in [-0.05, 0) is 42.0 Å². The summed E-state index contributed by atoms with van der Waals surface area (Å²) in [5, 5.41) is 7.36. The van der Waals surface area contributed by atoms with Crippen LogP contribution < -0.4 is 21.3 Å². The highest BCUT2D eigenvalue weighted by Crippen LogP contribution is 2.14. The summed E-state index contributed by atoms with van der Waals surface area (Å²) in [6, 6.07) is 13.4. The third-order valence-electron chi connectivity index (χ3n) is 5.64. The molecule has 0 aliphatic carbocycles. The molecular formula is C24H26ClN5O5. The quantitative estimate of drug-likeness (QED) is 0.495. The molecule has 35 heavy (non-hydrogen) atoms. The van der Waals surface area contributed by atoms with E-state index < -0.39 is 17.2 Å². The summed E-state index contributed by atoms with van der Waals surface area (Å²) in [5.74, 6) is -0.0610. The Morgan fingerprint density at radius 1 is 1.14 bits per heavy atom. The monoisotopic (exact) mass is 499 g/mol. The number of rotatable bonds is 8. The minimum Gasteiger partial charge on any atom is -0.497 e. The van der Waals surface area contributed by atoms with E-state index in [4.69, 9.17) is 21.1 Å². The van der Waals surface area contributed by atoms with Gasteiger partial charge in [-0.15, -0.1) is 0 Å². The molecule has 4 rings (SSSR count). The van der Waals surface area contributed by atoms with Crippen LogP contribution in [-0.4, -0.2) is 71.7 Å². The summed E-state index contributed by atoms with van der Waals surface area (Å²) in [5.41, 5.74) is -0.779. The Bertz CT molecular complexity index is 1300. The molecule has 1 aliphatic heterocycles. The highest BCUT2D eigenvalue weighted by Gasteiger charge is 2.21. The van der Waals surface area contributed by atoms with Gasteiger partial charge in [-0.2, -0.15) is 9.78 Å². The normalized spacial score (nSPS) is 14.0. The highest BCUT2D eigenvalue weighted by molar-refractivity contribution is 6.30. The van der Waals surface area contributed by atoms with Crippen molar-refractivity contribution in [3.05, 3.63) is 85.6 Å². The largest absolute Gasteiger partial charge is 0.497 e. The molecule has 1 N–H and O–H groups in total. The Balaban J connectivity index is 1.67. The van der Waals surface area contributed by atoms with Gasteiger partial charge in [0.25, 0.3) is 11.5 Å². The number of nitrogens with zero attached hydrogens (tertiary/aromatic N) is 4. The van der Waals surface area contributed by atoms with Crippen molar-refractivity contribution in [3.63, 3.8) is 0 Å². The van der Waals surface area contributed by atoms with Gasteiger partial charge in [0, 0.05) is 31.2 Å². The molecule has 2 heterocycles.